The first kappa shape index (κ1) is 22.3. The maximum Gasteiger partial charge on any atom is 0.220 e. The van der Waals surface area contributed by atoms with Gasteiger partial charge in [0, 0.05) is 30.2 Å². The third kappa shape index (κ3) is 6.55. The minimum absolute atomic E-state index is 0.0677. The molecule has 2 aromatic rings. The van der Waals surface area contributed by atoms with Crippen LogP contribution in [0, 0.1) is 26.7 Å². The van der Waals surface area contributed by atoms with Crippen LogP contribution in [0.1, 0.15) is 49.2 Å². The lowest BCUT2D eigenvalue weighted by molar-refractivity contribution is -0.121. The van der Waals surface area contributed by atoms with Crippen molar-refractivity contribution in [2.75, 3.05) is 13.2 Å². The van der Waals surface area contributed by atoms with E-state index in [1.165, 1.54) is 11.3 Å². The van der Waals surface area contributed by atoms with Crippen LogP contribution in [0.25, 0.3) is 0 Å². The van der Waals surface area contributed by atoms with E-state index in [4.69, 9.17) is 16.3 Å². The normalized spacial score (nSPS) is 11.1. The van der Waals surface area contributed by atoms with Crippen LogP contribution in [0.2, 0.25) is 5.02 Å². The standard InChI is InChI=1S/C22H32ClN3O2/c1-15(2)14-26-18(5)20(17(4)25-26)8-10-22(27)24-11-6-12-28-21-9-7-19(23)13-16(21)3/h7,9,13,15H,6,8,10-12,14H2,1-5H3,(H,24,27). The van der Waals surface area contributed by atoms with E-state index < -0.39 is 0 Å². The van der Waals surface area contributed by atoms with E-state index in [9.17, 15) is 4.79 Å². The van der Waals surface area contributed by atoms with Crippen LogP contribution in [0.3, 0.4) is 0 Å². The maximum atomic E-state index is 12.2. The van der Waals surface area contributed by atoms with Crippen molar-refractivity contribution >= 4 is 17.5 Å². The first-order chi connectivity index (χ1) is 13.3. The zero-order valence-corrected chi connectivity index (χ0v) is 18.4. The Kier molecular flexibility index (Phi) is 8.36. The summed E-state index contributed by atoms with van der Waals surface area (Å²) in [6.45, 7) is 12.5. The minimum atomic E-state index is 0.0677. The maximum absolute atomic E-state index is 12.2. The van der Waals surface area contributed by atoms with Crippen molar-refractivity contribution in [1.82, 2.24) is 15.1 Å². The van der Waals surface area contributed by atoms with Crippen molar-refractivity contribution in [3.63, 3.8) is 0 Å². The molecule has 2 rings (SSSR count). The Hall–Kier alpha value is -2.01. The molecule has 0 fully saturated rings. The Morgan fingerprint density at radius 1 is 1.29 bits per heavy atom. The summed E-state index contributed by atoms with van der Waals surface area (Å²) in [7, 11) is 0. The predicted molar refractivity (Wildman–Crippen MR) is 114 cm³/mol. The lowest BCUT2D eigenvalue weighted by Crippen LogP contribution is -2.25. The molecule has 0 aliphatic rings. The summed E-state index contributed by atoms with van der Waals surface area (Å²) in [6.07, 6.45) is 1.96. The van der Waals surface area contributed by atoms with Crippen LogP contribution in [0.4, 0.5) is 0 Å². The van der Waals surface area contributed by atoms with Gasteiger partial charge in [-0.05, 0) is 68.9 Å². The smallest absolute Gasteiger partial charge is 0.220 e. The van der Waals surface area contributed by atoms with Crippen molar-refractivity contribution in [3.8, 4) is 5.75 Å². The first-order valence-electron chi connectivity index (χ1n) is 9.96. The molecule has 1 N–H and O–H groups in total. The minimum Gasteiger partial charge on any atom is -0.493 e. The van der Waals surface area contributed by atoms with Crippen molar-refractivity contribution < 1.29 is 9.53 Å². The SMILES string of the molecule is Cc1cc(Cl)ccc1OCCCNC(=O)CCc1c(C)nn(CC(C)C)c1C. The zero-order valence-electron chi connectivity index (χ0n) is 17.6. The van der Waals surface area contributed by atoms with Crippen LogP contribution >= 0.6 is 11.6 Å². The number of aryl methyl sites for hydroxylation is 2. The molecular formula is C22H32ClN3O2. The van der Waals surface area contributed by atoms with Gasteiger partial charge in [-0.1, -0.05) is 25.4 Å². The third-order valence-corrected chi connectivity index (χ3v) is 4.94. The zero-order chi connectivity index (χ0) is 20.7. The lowest BCUT2D eigenvalue weighted by Gasteiger charge is -2.10. The summed E-state index contributed by atoms with van der Waals surface area (Å²) >= 11 is 5.94. The average molecular weight is 406 g/mol. The van der Waals surface area contributed by atoms with Crippen LogP contribution < -0.4 is 10.1 Å². The molecule has 1 heterocycles. The van der Waals surface area contributed by atoms with Gasteiger partial charge in [0.05, 0.1) is 12.3 Å². The van der Waals surface area contributed by atoms with E-state index >= 15 is 0 Å². The molecule has 0 saturated heterocycles. The van der Waals surface area contributed by atoms with Gasteiger partial charge in [0.2, 0.25) is 5.91 Å². The fourth-order valence-corrected chi connectivity index (χ4v) is 3.43. The number of hydrogen-bond acceptors (Lipinski definition) is 3. The molecular weight excluding hydrogens is 374 g/mol. The van der Waals surface area contributed by atoms with E-state index in [2.05, 4.69) is 35.9 Å². The Balaban J connectivity index is 1.70. The van der Waals surface area contributed by atoms with Gasteiger partial charge in [-0.15, -0.1) is 0 Å². The molecule has 1 aromatic carbocycles. The van der Waals surface area contributed by atoms with Gasteiger partial charge in [0.25, 0.3) is 0 Å². The fourth-order valence-electron chi connectivity index (χ4n) is 3.20. The summed E-state index contributed by atoms with van der Waals surface area (Å²) in [4.78, 5) is 12.2. The van der Waals surface area contributed by atoms with Gasteiger partial charge >= 0.3 is 0 Å². The number of amides is 1. The Morgan fingerprint density at radius 3 is 2.71 bits per heavy atom. The monoisotopic (exact) mass is 405 g/mol. The molecule has 28 heavy (non-hydrogen) atoms. The van der Waals surface area contributed by atoms with E-state index in [1.807, 2.05) is 32.0 Å². The largest absolute Gasteiger partial charge is 0.493 e. The van der Waals surface area contributed by atoms with E-state index in [0.29, 0.717) is 30.5 Å². The van der Waals surface area contributed by atoms with Gasteiger partial charge in [-0.2, -0.15) is 5.10 Å². The van der Waals surface area contributed by atoms with Crippen LogP contribution in [-0.2, 0) is 17.8 Å². The highest BCUT2D eigenvalue weighted by molar-refractivity contribution is 6.30. The van der Waals surface area contributed by atoms with Crippen LogP contribution in [0.15, 0.2) is 18.2 Å². The fraction of sp³-hybridized carbons (Fsp3) is 0.545. The Labute approximate surface area is 173 Å². The van der Waals surface area contributed by atoms with E-state index in [-0.39, 0.29) is 5.91 Å². The summed E-state index contributed by atoms with van der Waals surface area (Å²) in [6, 6.07) is 5.57. The number of nitrogens with one attached hydrogen (secondary N) is 1. The highest BCUT2D eigenvalue weighted by Crippen LogP contribution is 2.21. The van der Waals surface area contributed by atoms with Gasteiger partial charge in [-0.25, -0.2) is 0 Å². The molecule has 0 saturated carbocycles. The van der Waals surface area contributed by atoms with Gasteiger partial charge in [0.15, 0.2) is 0 Å². The highest BCUT2D eigenvalue weighted by Gasteiger charge is 2.13. The summed E-state index contributed by atoms with van der Waals surface area (Å²) < 4.78 is 7.81. The molecule has 0 unspecified atom stereocenters. The highest BCUT2D eigenvalue weighted by atomic mass is 35.5. The van der Waals surface area contributed by atoms with Crippen molar-refractivity contribution in [3.05, 3.63) is 45.7 Å². The summed E-state index contributed by atoms with van der Waals surface area (Å²) in [5, 5.41) is 8.30. The van der Waals surface area contributed by atoms with Gasteiger partial charge in [-0.3, -0.25) is 9.48 Å². The lowest BCUT2D eigenvalue weighted by atomic mass is 10.1. The number of nitrogens with zero attached hydrogens (tertiary/aromatic N) is 2. The van der Waals surface area contributed by atoms with Crippen molar-refractivity contribution in [2.24, 2.45) is 5.92 Å². The number of aromatic nitrogens is 2. The van der Waals surface area contributed by atoms with Crippen molar-refractivity contribution in [2.45, 2.75) is 60.4 Å². The van der Waals surface area contributed by atoms with Crippen molar-refractivity contribution in [1.29, 1.82) is 0 Å². The second kappa shape index (κ2) is 10.5. The van der Waals surface area contributed by atoms with Gasteiger partial charge < -0.3 is 10.1 Å². The molecule has 154 valence electrons. The summed E-state index contributed by atoms with van der Waals surface area (Å²) in [5.41, 5.74) is 4.40. The number of carbonyl (C=O) groups excluding carboxylic acids is 1. The topological polar surface area (TPSA) is 56.1 Å². The summed E-state index contributed by atoms with van der Waals surface area (Å²) in [5.74, 6) is 1.45. The van der Waals surface area contributed by atoms with Crippen LogP contribution in [0.5, 0.6) is 5.75 Å². The first-order valence-corrected chi connectivity index (χ1v) is 10.3. The Bertz CT molecular complexity index is 799. The number of rotatable bonds is 10. The number of ether oxygens (including phenoxy) is 1. The molecule has 0 radical (unpaired) electrons. The molecule has 1 amide bonds. The molecule has 0 aliphatic heterocycles. The Morgan fingerprint density at radius 2 is 2.04 bits per heavy atom. The van der Waals surface area contributed by atoms with E-state index in [1.54, 1.807) is 0 Å². The molecule has 0 spiro atoms. The number of hydrogen-bond donors (Lipinski definition) is 1. The van der Waals surface area contributed by atoms with Gasteiger partial charge in [0.1, 0.15) is 5.75 Å². The number of halogens is 1. The second-order valence-corrected chi connectivity index (χ2v) is 8.12. The third-order valence-electron chi connectivity index (χ3n) is 4.71. The number of benzene rings is 1. The number of carbonyl (C=O) groups is 1. The molecule has 6 heteroatoms. The van der Waals surface area contributed by atoms with E-state index in [0.717, 1.165) is 36.4 Å². The molecule has 0 aliphatic carbocycles. The van der Waals surface area contributed by atoms with Crippen LogP contribution in [-0.4, -0.2) is 28.8 Å². The average Bonchev–Trinajstić information content (AvgIpc) is 2.87. The molecule has 1 aromatic heterocycles. The molecule has 0 atom stereocenters. The predicted octanol–water partition coefficient (Wildman–Crippen LogP) is 4.64. The molecule has 5 nitrogen and oxygen atoms in total. The quantitative estimate of drug-likeness (QED) is 0.586. The second-order valence-electron chi connectivity index (χ2n) is 7.69. The molecule has 0 bridgehead atoms.